The predicted molar refractivity (Wildman–Crippen MR) is 103 cm³/mol. The molecular formula is C21H17N3O7-2. The van der Waals surface area contributed by atoms with E-state index in [0.29, 0.717) is 17.0 Å². The first-order chi connectivity index (χ1) is 14.4. The fourth-order valence-corrected chi connectivity index (χ4v) is 3.44. The Morgan fingerprint density at radius 1 is 0.839 bits per heavy atom. The molecule has 0 spiro atoms. The van der Waals surface area contributed by atoms with Gasteiger partial charge in [-0.2, -0.15) is 0 Å². The van der Waals surface area contributed by atoms with Gasteiger partial charge in [0.1, 0.15) is 5.57 Å². The van der Waals surface area contributed by atoms with Crippen LogP contribution in [0, 0.1) is 13.8 Å². The Hall–Kier alpha value is -4.21. The van der Waals surface area contributed by atoms with Crippen molar-refractivity contribution in [2.45, 2.75) is 13.8 Å². The Labute approximate surface area is 176 Å². The minimum atomic E-state index is -1.55. The molecule has 3 rings (SSSR count). The van der Waals surface area contributed by atoms with Crippen molar-refractivity contribution in [2.75, 3.05) is 14.1 Å². The fraction of sp³-hybridized carbons (Fsp3) is 0.190. The monoisotopic (exact) mass is 423 g/mol. The molecule has 160 valence electrons. The Morgan fingerprint density at radius 2 is 1.32 bits per heavy atom. The van der Waals surface area contributed by atoms with E-state index in [9.17, 15) is 34.2 Å². The lowest BCUT2D eigenvalue weighted by Gasteiger charge is -2.28. The molecule has 1 aliphatic heterocycles. The van der Waals surface area contributed by atoms with E-state index in [2.05, 4.69) is 0 Å². The Bertz CT molecular complexity index is 1150. The number of aryl methyl sites for hydroxylation is 1. The maximum Gasteiger partial charge on any atom is 0.333 e. The number of urea groups is 1. The van der Waals surface area contributed by atoms with Gasteiger partial charge < -0.3 is 24.4 Å². The number of amides is 4. The fourth-order valence-electron chi connectivity index (χ4n) is 3.44. The molecule has 4 amide bonds. The number of carbonyl (C=O) groups is 5. The standard InChI is InChI=1S/C21H19N3O7/c1-10-5-12(9-16-17(25)22(3)21(31)23(4)18(16)26)11(2)24(10)15-7-13(19(27)28)6-14(8-15)20(29)30/h5-9H,1-4H3,(H,27,28)(H,29,30)/p-2. The van der Waals surface area contributed by atoms with Crippen LogP contribution in [0.1, 0.15) is 37.7 Å². The van der Waals surface area contributed by atoms with Crippen LogP contribution in [0.15, 0.2) is 29.8 Å². The lowest BCUT2D eigenvalue weighted by atomic mass is 10.1. The molecule has 1 aromatic carbocycles. The van der Waals surface area contributed by atoms with Crippen LogP contribution in [0.2, 0.25) is 0 Å². The van der Waals surface area contributed by atoms with Crippen molar-refractivity contribution in [1.29, 1.82) is 0 Å². The van der Waals surface area contributed by atoms with Crippen molar-refractivity contribution in [3.05, 3.63) is 57.9 Å². The summed E-state index contributed by atoms with van der Waals surface area (Å²) in [5, 5.41) is 22.6. The van der Waals surface area contributed by atoms with E-state index in [-0.39, 0.29) is 22.4 Å². The number of nitrogens with zero attached hydrogens (tertiary/aromatic N) is 3. The van der Waals surface area contributed by atoms with Gasteiger partial charge in [0.2, 0.25) is 0 Å². The number of barbiturate groups is 1. The lowest BCUT2D eigenvalue weighted by molar-refractivity contribution is -0.255. The highest BCUT2D eigenvalue weighted by Crippen LogP contribution is 2.26. The van der Waals surface area contributed by atoms with Crippen LogP contribution in [0.5, 0.6) is 0 Å². The first kappa shape index (κ1) is 21.5. The smallest absolute Gasteiger partial charge is 0.333 e. The first-order valence-electron chi connectivity index (χ1n) is 9.03. The van der Waals surface area contributed by atoms with E-state index < -0.39 is 29.8 Å². The van der Waals surface area contributed by atoms with Crippen LogP contribution in [0.4, 0.5) is 4.79 Å². The van der Waals surface area contributed by atoms with E-state index in [1.54, 1.807) is 24.5 Å². The molecule has 0 N–H and O–H groups in total. The van der Waals surface area contributed by atoms with Crippen LogP contribution in [0.3, 0.4) is 0 Å². The Morgan fingerprint density at radius 3 is 1.77 bits per heavy atom. The van der Waals surface area contributed by atoms with E-state index >= 15 is 0 Å². The van der Waals surface area contributed by atoms with Crippen molar-refractivity contribution in [1.82, 2.24) is 14.4 Å². The Balaban J connectivity index is 2.16. The molecule has 10 nitrogen and oxygen atoms in total. The molecular weight excluding hydrogens is 406 g/mol. The van der Waals surface area contributed by atoms with Gasteiger partial charge in [0.25, 0.3) is 11.8 Å². The number of aromatic nitrogens is 1. The largest absolute Gasteiger partial charge is 0.545 e. The second-order valence-electron chi connectivity index (χ2n) is 7.07. The average molecular weight is 423 g/mol. The van der Waals surface area contributed by atoms with Gasteiger partial charge in [0, 0.05) is 31.2 Å². The minimum absolute atomic E-state index is 0.219. The summed E-state index contributed by atoms with van der Waals surface area (Å²) in [5.74, 6) is -4.61. The normalized spacial score (nSPS) is 14.3. The molecule has 2 heterocycles. The zero-order valence-corrected chi connectivity index (χ0v) is 17.1. The highest BCUT2D eigenvalue weighted by atomic mass is 16.4. The van der Waals surface area contributed by atoms with Crippen molar-refractivity contribution >= 4 is 35.9 Å². The third-order valence-corrected chi connectivity index (χ3v) is 5.06. The summed E-state index contributed by atoms with van der Waals surface area (Å²) in [5.41, 5.74) is 0.867. The third kappa shape index (κ3) is 3.59. The summed E-state index contributed by atoms with van der Waals surface area (Å²) in [4.78, 5) is 61.0. The summed E-state index contributed by atoms with van der Waals surface area (Å²) in [6, 6.07) is 4.33. The summed E-state index contributed by atoms with van der Waals surface area (Å²) in [7, 11) is 2.52. The zero-order valence-electron chi connectivity index (χ0n) is 17.1. The van der Waals surface area contributed by atoms with Crippen molar-refractivity contribution in [3.8, 4) is 5.69 Å². The van der Waals surface area contributed by atoms with Gasteiger partial charge in [0.05, 0.1) is 11.9 Å². The van der Waals surface area contributed by atoms with Gasteiger partial charge in [-0.25, -0.2) is 4.79 Å². The molecule has 0 unspecified atom stereocenters. The van der Waals surface area contributed by atoms with E-state index in [4.69, 9.17) is 0 Å². The minimum Gasteiger partial charge on any atom is -0.545 e. The SMILES string of the molecule is Cc1cc(C=C2C(=O)N(C)C(=O)N(C)C2=O)c(C)n1-c1cc(C(=O)[O-])cc(C(=O)[O-])c1. The predicted octanol–water partition coefficient (Wildman–Crippen LogP) is -0.745. The van der Waals surface area contributed by atoms with E-state index in [1.165, 1.54) is 32.3 Å². The quantitative estimate of drug-likeness (QED) is 0.465. The van der Waals surface area contributed by atoms with Crippen LogP contribution >= 0.6 is 0 Å². The molecule has 0 bridgehead atoms. The summed E-state index contributed by atoms with van der Waals surface area (Å²) >= 11 is 0. The molecule has 2 aromatic rings. The number of benzene rings is 1. The van der Waals surface area contributed by atoms with Gasteiger partial charge in [-0.3, -0.25) is 19.4 Å². The number of imide groups is 2. The maximum atomic E-state index is 12.4. The topological polar surface area (TPSA) is 143 Å². The van der Waals surface area contributed by atoms with Crippen LogP contribution in [0.25, 0.3) is 11.8 Å². The Kier molecular flexibility index (Phi) is 5.24. The van der Waals surface area contributed by atoms with Crippen LogP contribution in [-0.4, -0.2) is 58.2 Å². The third-order valence-electron chi connectivity index (χ3n) is 5.06. The summed E-state index contributed by atoms with van der Waals surface area (Å²) in [6.07, 6.45) is 1.34. The highest BCUT2D eigenvalue weighted by molar-refractivity contribution is 6.30. The second-order valence-corrected chi connectivity index (χ2v) is 7.07. The number of likely N-dealkylation sites (N-methyl/N-ethyl adjacent to an activating group) is 2. The molecule has 0 radical (unpaired) electrons. The molecule has 1 aliphatic rings. The number of carboxylic acids is 2. The number of carboxylic acid groups (broad SMARTS) is 2. The molecule has 0 atom stereocenters. The van der Waals surface area contributed by atoms with E-state index in [1.807, 2.05) is 0 Å². The molecule has 0 aliphatic carbocycles. The van der Waals surface area contributed by atoms with Crippen molar-refractivity contribution < 1.29 is 34.2 Å². The summed E-state index contributed by atoms with van der Waals surface area (Å²) < 4.78 is 1.57. The summed E-state index contributed by atoms with van der Waals surface area (Å²) in [6.45, 7) is 3.34. The number of carbonyl (C=O) groups excluding carboxylic acids is 5. The van der Waals surface area contributed by atoms with Crippen molar-refractivity contribution in [3.63, 3.8) is 0 Å². The van der Waals surface area contributed by atoms with Gasteiger partial charge >= 0.3 is 6.03 Å². The van der Waals surface area contributed by atoms with Gasteiger partial charge in [-0.1, -0.05) is 0 Å². The van der Waals surface area contributed by atoms with Crippen LogP contribution < -0.4 is 10.2 Å². The molecule has 1 fully saturated rings. The number of hydrogen-bond acceptors (Lipinski definition) is 7. The van der Waals surface area contributed by atoms with E-state index in [0.717, 1.165) is 15.9 Å². The maximum absolute atomic E-state index is 12.4. The molecule has 1 saturated heterocycles. The average Bonchev–Trinajstić information content (AvgIpc) is 3.00. The number of rotatable bonds is 4. The van der Waals surface area contributed by atoms with Crippen LogP contribution in [-0.2, 0) is 9.59 Å². The highest BCUT2D eigenvalue weighted by Gasteiger charge is 2.38. The number of aromatic carboxylic acids is 2. The number of hydrogen-bond donors (Lipinski definition) is 0. The lowest BCUT2D eigenvalue weighted by Crippen LogP contribution is -2.52. The van der Waals surface area contributed by atoms with Gasteiger partial charge in [-0.15, -0.1) is 0 Å². The first-order valence-corrected chi connectivity index (χ1v) is 9.03. The molecule has 0 saturated carbocycles. The molecule has 10 heteroatoms. The molecule has 1 aromatic heterocycles. The van der Waals surface area contributed by atoms with Gasteiger partial charge in [0.15, 0.2) is 0 Å². The van der Waals surface area contributed by atoms with Crippen molar-refractivity contribution in [2.24, 2.45) is 0 Å². The molecule has 31 heavy (non-hydrogen) atoms. The second kappa shape index (κ2) is 7.56. The van der Waals surface area contributed by atoms with Gasteiger partial charge in [-0.05, 0) is 60.9 Å². The zero-order chi connectivity index (χ0) is 23.2.